The highest BCUT2D eigenvalue weighted by atomic mass is 35.5. The van der Waals surface area contributed by atoms with E-state index in [0.29, 0.717) is 13.1 Å². The summed E-state index contributed by atoms with van der Waals surface area (Å²) in [4.78, 5) is 32.2. The number of amides is 1. The van der Waals surface area contributed by atoms with Crippen LogP contribution in [0.5, 0.6) is 0 Å². The highest BCUT2D eigenvalue weighted by molar-refractivity contribution is 6.31. The normalized spacial score (nSPS) is 14.8. The summed E-state index contributed by atoms with van der Waals surface area (Å²) in [5.41, 5.74) is 2.11. The van der Waals surface area contributed by atoms with E-state index in [1.165, 1.54) is 17.0 Å². The molecule has 1 aliphatic heterocycles. The molecule has 1 aromatic heterocycles. The molecule has 1 saturated heterocycles. The second-order valence-electron chi connectivity index (χ2n) is 5.89. The van der Waals surface area contributed by atoms with Crippen LogP contribution in [0.25, 0.3) is 0 Å². The van der Waals surface area contributed by atoms with Crippen molar-refractivity contribution in [3.63, 3.8) is 0 Å². The monoisotopic (exact) mass is 346 g/mol. The lowest BCUT2D eigenvalue weighted by Gasteiger charge is -2.36. The van der Waals surface area contributed by atoms with Crippen LogP contribution in [0.4, 0.5) is 5.69 Å². The van der Waals surface area contributed by atoms with Crippen LogP contribution >= 0.6 is 11.6 Å². The van der Waals surface area contributed by atoms with Gasteiger partial charge >= 0.3 is 0 Å². The molecule has 1 aromatic carbocycles. The fourth-order valence-electron chi connectivity index (χ4n) is 2.83. The Bertz CT molecular complexity index is 826. The van der Waals surface area contributed by atoms with Gasteiger partial charge in [0.25, 0.3) is 11.5 Å². The van der Waals surface area contributed by atoms with Crippen LogP contribution in [0.1, 0.15) is 16.1 Å². The minimum atomic E-state index is -0.235. The number of piperazine rings is 1. The number of nitrogens with zero attached hydrogens (tertiary/aromatic N) is 4. The summed E-state index contributed by atoms with van der Waals surface area (Å²) in [6, 6.07) is 7.14. The average molecular weight is 347 g/mol. The van der Waals surface area contributed by atoms with Crippen molar-refractivity contribution in [3.05, 3.63) is 57.2 Å². The molecule has 126 valence electrons. The summed E-state index contributed by atoms with van der Waals surface area (Å²) in [7, 11) is 1.61. The Morgan fingerprint density at radius 2 is 1.92 bits per heavy atom. The highest BCUT2D eigenvalue weighted by Crippen LogP contribution is 2.27. The average Bonchev–Trinajstić information content (AvgIpc) is 2.59. The first-order chi connectivity index (χ1) is 11.5. The van der Waals surface area contributed by atoms with Gasteiger partial charge in [0.15, 0.2) is 0 Å². The number of benzene rings is 1. The molecule has 1 amide bonds. The minimum Gasteiger partial charge on any atom is -0.368 e. The molecule has 6 nitrogen and oxygen atoms in total. The maximum Gasteiger partial charge on any atom is 0.272 e. The Morgan fingerprint density at radius 3 is 2.58 bits per heavy atom. The first-order valence-corrected chi connectivity index (χ1v) is 8.17. The van der Waals surface area contributed by atoms with Gasteiger partial charge in [0.2, 0.25) is 0 Å². The summed E-state index contributed by atoms with van der Waals surface area (Å²) in [6.07, 6.45) is 1.38. The smallest absolute Gasteiger partial charge is 0.272 e. The van der Waals surface area contributed by atoms with E-state index in [2.05, 4.69) is 9.88 Å². The maximum atomic E-state index is 12.5. The lowest BCUT2D eigenvalue weighted by atomic mass is 10.1. The third-order valence-electron chi connectivity index (χ3n) is 4.34. The predicted octanol–water partition coefficient (Wildman–Crippen LogP) is 1.70. The van der Waals surface area contributed by atoms with Gasteiger partial charge in [-0.05, 0) is 24.6 Å². The molecule has 1 aliphatic rings. The van der Waals surface area contributed by atoms with Crippen molar-refractivity contribution in [2.45, 2.75) is 6.92 Å². The quantitative estimate of drug-likeness (QED) is 0.830. The van der Waals surface area contributed by atoms with Crippen molar-refractivity contribution in [2.75, 3.05) is 31.1 Å². The summed E-state index contributed by atoms with van der Waals surface area (Å²) < 4.78 is 1.34. The number of halogens is 1. The largest absolute Gasteiger partial charge is 0.368 e. The fourth-order valence-corrected chi connectivity index (χ4v) is 3.00. The van der Waals surface area contributed by atoms with E-state index >= 15 is 0 Å². The van der Waals surface area contributed by atoms with Gasteiger partial charge in [-0.15, -0.1) is 0 Å². The maximum absolute atomic E-state index is 12.5. The van der Waals surface area contributed by atoms with Crippen LogP contribution in [0.15, 0.2) is 35.4 Å². The zero-order valence-electron chi connectivity index (χ0n) is 13.7. The number of hydrogen-bond donors (Lipinski definition) is 0. The zero-order valence-corrected chi connectivity index (χ0v) is 14.5. The van der Waals surface area contributed by atoms with Crippen molar-refractivity contribution in [1.82, 2.24) is 14.5 Å². The number of anilines is 1. The summed E-state index contributed by atoms with van der Waals surface area (Å²) >= 11 is 6.19. The molecule has 0 unspecified atom stereocenters. The second kappa shape index (κ2) is 6.65. The Balaban J connectivity index is 1.70. The Morgan fingerprint density at radius 1 is 1.21 bits per heavy atom. The van der Waals surface area contributed by atoms with Gasteiger partial charge in [0.05, 0.1) is 6.33 Å². The molecule has 1 fully saturated rings. The highest BCUT2D eigenvalue weighted by Gasteiger charge is 2.24. The van der Waals surface area contributed by atoms with Gasteiger partial charge in [-0.1, -0.05) is 17.7 Å². The first-order valence-electron chi connectivity index (χ1n) is 7.79. The number of carbonyl (C=O) groups excluding carboxylic acids is 1. The molecule has 0 spiro atoms. The lowest BCUT2D eigenvalue weighted by molar-refractivity contribution is 0.0740. The second-order valence-corrected chi connectivity index (χ2v) is 6.29. The minimum absolute atomic E-state index is 0.199. The number of aromatic nitrogens is 2. The van der Waals surface area contributed by atoms with Gasteiger partial charge in [0, 0.05) is 50.0 Å². The predicted molar refractivity (Wildman–Crippen MR) is 93.8 cm³/mol. The SMILES string of the molecule is Cc1c(Cl)cccc1N1CCN(C(=O)c2cc(=O)n(C)cn2)CC1. The number of hydrogen-bond acceptors (Lipinski definition) is 4. The summed E-state index contributed by atoms with van der Waals surface area (Å²) in [6.45, 7) is 4.61. The molecule has 0 bridgehead atoms. The van der Waals surface area contributed by atoms with Gasteiger partial charge in [0.1, 0.15) is 5.69 Å². The Hall–Kier alpha value is -2.34. The molecule has 2 aromatic rings. The molecule has 24 heavy (non-hydrogen) atoms. The zero-order chi connectivity index (χ0) is 17.3. The molecule has 7 heteroatoms. The first kappa shape index (κ1) is 16.5. The van der Waals surface area contributed by atoms with Crippen molar-refractivity contribution in [1.29, 1.82) is 0 Å². The van der Waals surface area contributed by atoms with Crippen LogP contribution in [-0.2, 0) is 7.05 Å². The van der Waals surface area contributed by atoms with Crippen molar-refractivity contribution in [3.8, 4) is 0 Å². The van der Waals surface area contributed by atoms with E-state index in [1.54, 1.807) is 11.9 Å². The standard InChI is InChI=1S/C17H19ClN4O2/c1-12-13(18)4-3-5-15(12)21-6-8-22(9-7-21)17(24)14-10-16(23)20(2)11-19-14/h3-5,10-11H,6-9H2,1-2H3. The van der Waals surface area contributed by atoms with Crippen LogP contribution in [-0.4, -0.2) is 46.5 Å². The van der Waals surface area contributed by atoms with Crippen molar-refractivity contribution in [2.24, 2.45) is 7.05 Å². The van der Waals surface area contributed by atoms with E-state index in [1.807, 2.05) is 25.1 Å². The van der Waals surface area contributed by atoms with E-state index in [-0.39, 0.29) is 17.2 Å². The number of rotatable bonds is 2. The van der Waals surface area contributed by atoms with Crippen LogP contribution in [0.3, 0.4) is 0 Å². The van der Waals surface area contributed by atoms with Gasteiger partial charge in [-0.25, -0.2) is 4.98 Å². The molecule has 0 radical (unpaired) electrons. The van der Waals surface area contributed by atoms with Gasteiger partial charge in [-0.3, -0.25) is 9.59 Å². The van der Waals surface area contributed by atoms with E-state index in [0.717, 1.165) is 29.4 Å². The van der Waals surface area contributed by atoms with Gasteiger partial charge in [-0.2, -0.15) is 0 Å². The van der Waals surface area contributed by atoms with Crippen LogP contribution in [0.2, 0.25) is 5.02 Å². The topological polar surface area (TPSA) is 58.4 Å². The Kier molecular flexibility index (Phi) is 4.57. The molecular formula is C17H19ClN4O2. The molecule has 0 saturated carbocycles. The molecule has 0 atom stereocenters. The van der Waals surface area contributed by atoms with Crippen molar-refractivity contribution < 1.29 is 4.79 Å². The molecule has 0 aliphatic carbocycles. The summed E-state index contributed by atoms with van der Waals surface area (Å²) in [5, 5.41) is 0.746. The van der Waals surface area contributed by atoms with E-state index in [4.69, 9.17) is 11.6 Å². The number of carbonyl (C=O) groups is 1. The molecule has 2 heterocycles. The molecule has 3 rings (SSSR count). The third-order valence-corrected chi connectivity index (χ3v) is 4.75. The number of aryl methyl sites for hydroxylation is 1. The summed E-state index contributed by atoms with van der Waals surface area (Å²) in [5.74, 6) is -0.199. The Labute approximate surface area is 145 Å². The van der Waals surface area contributed by atoms with Crippen molar-refractivity contribution >= 4 is 23.2 Å². The van der Waals surface area contributed by atoms with Crippen LogP contribution in [0, 0.1) is 6.92 Å². The molecule has 0 N–H and O–H groups in total. The van der Waals surface area contributed by atoms with E-state index < -0.39 is 0 Å². The van der Waals surface area contributed by atoms with Crippen LogP contribution < -0.4 is 10.5 Å². The molecular weight excluding hydrogens is 328 g/mol. The fraction of sp³-hybridized carbons (Fsp3) is 0.353. The lowest BCUT2D eigenvalue weighted by Crippen LogP contribution is -2.49. The van der Waals surface area contributed by atoms with Gasteiger partial charge < -0.3 is 14.4 Å². The third kappa shape index (κ3) is 3.14. The van der Waals surface area contributed by atoms with E-state index in [9.17, 15) is 9.59 Å².